The van der Waals surface area contributed by atoms with Gasteiger partial charge in [-0.1, -0.05) is 63.3 Å². The number of unbranched alkanes of at least 4 members (excludes halogenated alkanes) is 5. The molecule has 0 aliphatic rings. The number of carbonyl (C=O) groups is 1. The van der Waals surface area contributed by atoms with Gasteiger partial charge >= 0.3 is 18.3 Å². The van der Waals surface area contributed by atoms with Gasteiger partial charge in [0, 0.05) is 0 Å². The summed E-state index contributed by atoms with van der Waals surface area (Å²) in [5, 5.41) is 0. The maximum absolute atomic E-state index is 12.9. The molecule has 2 aromatic rings. The van der Waals surface area contributed by atoms with Crippen molar-refractivity contribution < 1.29 is 31.8 Å². The van der Waals surface area contributed by atoms with E-state index in [0.717, 1.165) is 29.7 Å². The Kier molecular flexibility index (Phi) is 9.82. The van der Waals surface area contributed by atoms with Crippen LogP contribution in [0.5, 0.6) is 5.75 Å². The Morgan fingerprint density at radius 2 is 1.42 bits per heavy atom. The van der Waals surface area contributed by atoms with Gasteiger partial charge in [-0.25, -0.2) is 13.6 Å². The molecule has 31 heavy (non-hydrogen) atoms. The van der Waals surface area contributed by atoms with Crippen LogP contribution in [0.15, 0.2) is 48.5 Å². The Bertz CT molecular complexity index is 789. The number of ether oxygens (including phenoxy) is 2. The fourth-order valence-electron chi connectivity index (χ4n) is 2.92. The van der Waals surface area contributed by atoms with Crippen LogP contribution >= 0.6 is 0 Å². The van der Waals surface area contributed by atoms with E-state index in [4.69, 9.17) is 4.74 Å². The van der Waals surface area contributed by atoms with E-state index in [0.29, 0.717) is 6.61 Å². The first-order valence-corrected chi connectivity index (χ1v) is 10.5. The lowest BCUT2D eigenvalue weighted by Crippen LogP contribution is -2.33. The molecule has 170 valence electrons. The Balaban J connectivity index is 1.82. The van der Waals surface area contributed by atoms with Gasteiger partial charge in [-0.3, -0.25) is 0 Å². The summed E-state index contributed by atoms with van der Waals surface area (Å²) in [7, 11) is 0. The van der Waals surface area contributed by atoms with Gasteiger partial charge < -0.3 is 9.47 Å². The molecule has 0 heterocycles. The molecule has 7 heteroatoms. The van der Waals surface area contributed by atoms with Crippen LogP contribution in [0.25, 0.3) is 11.1 Å². The van der Waals surface area contributed by atoms with Crippen LogP contribution in [0, 0.1) is 0 Å². The molecule has 0 unspecified atom stereocenters. The van der Waals surface area contributed by atoms with Crippen LogP contribution in [-0.2, 0) is 4.74 Å². The molecule has 0 aromatic heterocycles. The Labute approximate surface area is 180 Å². The summed E-state index contributed by atoms with van der Waals surface area (Å²) in [6.07, 6.45) is 3.30. The Morgan fingerprint density at radius 3 is 2.00 bits per heavy atom. The van der Waals surface area contributed by atoms with Crippen molar-refractivity contribution in [3.63, 3.8) is 0 Å². The minimum Gasteiger partial charge on any atom is -0.494 e. The van der Waals surface area contributed by atoms with Crippen LogP contribution in [0.1, 0.15) is 55.8 Å². The van der Waals surface area contributed by atoms with E-state index in [1.165, 1.54) is 37.8 Å². The van der Waals surface area contributed by atoms with Crippen molar-refractivity contribution in [1.29, 1.82) is 0 Å². The second kappa shape index (κ2) is 12.3. The van der Waals surface area contributed by atoms with Crippen LogP contribution in [0.4, 0.5) is 17.6 Å². The standard InChI is InChI=1S/C24H28F4O3/c1-2-3-4-5-6-7-16-30-21-14-12-19(13-15-21)18-8-10-20(11-9-18)22(29)31-17-24(27,28)23(25)26/h8-15,23H,2-7,16-17H2,1H3. The molecule has 0 N–H and O–H groups in total. The fourth-order valence-corrected chi connectivity index (χ4v) is 2.92. The van der Waals surface area contributed by atoms with Gasteiger partial charge in [0.05, 0.1) is 12.2 Å². The molecule has 0 spiro atoms. The van der Waals surface area contributed by atoms with Crippen molar-refractivity contribution in [2.75, 3.05) is 13.2 Å². The van der Waals surface area contributed by atoms with E-state index in [1.54, 1.807) is 12.1 Å². The number of carbonyl (C=O) groups excluding carboxylic acids is 1. The van der Waals surface area contributed by atoms with Gasteiger partial charge in [0.15, 0.2) is 6.61 Å². The van der Waals surface area contributed by atoms with Crippen molar-refractivity contribution in [3.8, 4) is 16.9 Å². The minimum atomic E-state index is -4.37. The lowest BCUT2D eigenvalue weighted by molar-refractivity contribution is -0.155. The third-order valence-electron chi connectivity index (χ3n) is 4.79. The average Bonchev–Trinajstić information content (AvgIpc) is 2.77. The van der Waals surface area contributed by atoms with Crippen molar-refractivity contribution in [1.82, 2.24) is 0 Å². The largest absolute Gasteiger partial charge is 0.494 e. The fraction of sp³-hybridized carbons (Fsp3) is 0.458. The smallest absolute Gasteiger partial charge is 0.340 e. The molecule has 0 radical (unpaired) electrons. The zero-order valence-corrected chi connectivity index (χ0v) is 17.6. The van der Waals surface area contributed by atoms with E-state index in [-0.39, 0.29) is 5.56 Å². The predicted octanol–water partition coefficient (Wildman–Crippen LogP) is 7.15. The monoisotopic (exact) mass is 440 g/mol. The van der Waals surface area contributed by atoms with Crippen LogP contribution in [0.2, 0.25) is 0 Å². The zero-order chi connectivity index (χ0) is 22.7. The number of hydrogen-bond acceptors (Lipinski definition) is 3. The van der Waals surface area contributed by atoms with Crippen molar-refractivity contribution in [2.24, 2.45) is 0 Å². The SMILES string of the molecule is CCCCCCCCOc1ccc(-c2ccc(C(=O)OCC(F)(F)C(F)F)cc2)cc1. The maximum atomic E-state index is 12.9. The number of halogens is 4. The molecule has 0 saturated heterocycles. The lowest BCUT2D eigenvalue weighted by atomic mass is 10.0. The first-order chi connectivity index (χ1) is 14.8. The third-order valence-corrected chi connectivity index (χ3v) is 4.79. The van der Waals surface area contributed by atoms with Crippen molar-refractivity contribution >= 4 is 5.97 Å². The van der Waals surface area contributed by atoms with Crippen molar-refractivity contribution in [3.05, 3.63) is 54.1 Å². The molecule has 0 fully saturated rings. The van der Waals surface area contributed by atoms with E-state index < -0.39 is 24.9 Å². The lowest BCUT2D eigenvalue weighted by Gasteiger charge is -2.15. The Morgan fingerprint density at radius 1 is 0.871 bits per heavy atom. The van der Waals surface area contributed by atoms with Crippen LogP contribution in [-0.4, -0.2) is 31.5 Å². The Hall–Kier alpha value is -2.57. The summed E-state index contributed by atoms with van der Waals surface area (Å²) in [4.78, 5) is 11.8. The minimum absolute atomic E-state index is 0.00714. The topological polar surface area (TPSA) is 35.5 Å². The highest BCUT2D eigenvalue weighted by Crippen LogP contribution is 2.25. The molecule has 3 nitrogen and oxygen atoms in total. The first kappa shape index (κ1) is 24.7. The molecule has 0 saturated carbocycles. The predicted molar refractivity (Wildman–Crippen MR) is 112 cm³/mol. The molecule has 0 amide bonds. The van der Waals surface area contributed by atoms with Gasteiger partial charge in [-0.15, -0.1) is 0 Å². The number of rotatable bonds is 13. The van der Waals surface area contributed by atoms with E-state index in [1.807, 2.05) is 24.3 Å². The summed E-state index contributed by atoms with van der Waals surface area (Å²) in [6, 6.07) is 13.6. The van der Waals surface area contributed by atoms with Gasteiger partial charge in [0.1, 0.15) is 5.75 Å². The summed E-state index contributed by atoms with van der Waals surface area (Å²) in [5.41, 5.74) is 1.70. The van der Waals surface area contributed by atoms with Gasteiger partial charge in [0.2, 0.25) is 0 Å². The van der Waals surface area contributed by atoms with E-state index in [9.17, 15) is 22.4 Å². The number of esters is 1. The van der Waals surface area contributed by atoms with Gasteiger partial charge in [-0.05, 0) is 41.8 Å². The van der Waals surface area contributed by atoms with Crippen LogP contribution in [0.3, 0.4) is 0 Å². The molecule has 0 bridgehead atoms. The van der Waals surface area contributed by atoms with Gasteiger partial charge in [0.25, 0.3) is 0 Å². The highest BCUT2D eigenvalue weighted by molar-refractivity contribution is 5.90. The quantitative estimate of drug-likeness (QED) is 0.188. The zero-order valence-electron chi connectivity index (χ0n) is 17.6. The molecule has 2 rings (SSSR count). The summed E-state index contributed by atoms with van der Waals surface area (Å²) < 4.78 is 60.0. The van der Waals surface area contributed by atoms with E-state index >= 15 is 0 Å². The summed E-state index contributed by atoms with van der Waals surface area (Å²) in [6.45, 7) is 1.21. The van der Waals surface area contributed by atoms with Crippen molar-refractivity contribution in [2.45, 2.75) is 57.8 Å². The highest BCUT2D eigenvalue weighted by atomic mass is 19.3. The second-order valence-corrected chi connectivity index (χ2v) is 7.36. The summed E-state index contributed by atoms with van der Waals surface area (Å²) >= 11 is 0. The number of benzene rings is 2. The normalized spacial score (nSPS) is 11.5. The molecular weight excluding hydrogens is 412 g/mol. The third kappa shape index (κ3) is 8.23. The highest BCUT2D eigenvalue weighted by Gasteiger charge is 2.42. The van der Waals surface area contributed by atoms with E-state index in [2.05, 4.69) is 11.7 Å². The first-order valence-electron chi connectivity index (χ1n) is 10.5. The molecule has 0 atom stereocenters. The maximum Gasteiger partial charge on any atom is 0.340 e. The molecule has 0 aliphatic carbocycles. The molecule has 2 aromatic carbocycles. The summed E-state index contributed by atoms with van der Waals surface area (Å²) in [5.74, 6) is -4.67. The number of hydrogen-bond donors (Lipinski definition) is 0. The molecule has 0 aliphatic heterocycles. The second-order valence-electron chi connectivity index (χ2n) is 7.36. The molecular formula is C24H28F4O3. The number of alkyl halides is 4. The average molecular weight is 440 g/mol. The van der Waals surface area contributed by atoms with Gasteiger partial charge in [-0.2, -0.15) is 8.78 Å². The van der Waals surface area contributed by atoms with Crippen LogP contribution < -0.4 is 4.74 Å².